The lowest BCUT2D eigenvalue weighted by Gasteiger charge is -2.00. The van der Waals surface area contributed by atoms with Gasteiger partial charge in [-0.2, -0.15) is 0 Å². The Morgan fingerprint density at radius 2 is 1.81 bits per heavy atom. The number of nitrogens with two attached hydrogens (primary N) is 1. The number of amides is 1. The molecule has 1 amide bonds. The van der Waals surface area contributed by atoms with Crippen LogP contribution in [0.1, 0.15) is 22.8 Å². The molecule has 0 fully saturated rings. The van der Waals surface area contributed by atoms with E-state index in [9.17, 15) is 9.59 Å². The lowest BCUT2D eigenvalue weighted by molar-refractivity contribution is -0.114. The van der Waals surface area contributed by atoms with Crippen LogP contribution in [0.5, 0.6) is 0 Å². The normalized spacial score (nSPS) is 11.0. The van der Waals surface area contributed by atoms with Gasteiger partial charge in [0.2, 0.25) is 5.91 Å². The van der Waals surface area contributed by atoms with Crippen LogP contribution in [-0.4, -0.2) is 19.0 Å². The van der Waals surface area contributed by atoms with Crippen LogP contribution in [0.2, 0.25) is 0 Å². The molecule has 0 saturated carbocycles. The van der Waals surface area contributed by atoms with Gasteiger partial charge in [0.1, 0.15) is 0 Å². The lowest BCUT2D eigenvalue weighted by atomic mass is 10.1. The highest BCUT2D eigenvalue weighted by Gasteiger charge is 2.04. The molecule has 0 saturated heterocycles. The molecular formula is C12H13NO3. The Hall–Kier alpha value is -2.10. The summed E-state index contributed by atoms with van der Waals surface area (Å²) >= 11 is 0. The van der Waals surface area contributed by atoms with Crippen molar-refractivity contribution < 1.29 is 14.3 Å². The first-order valence-corrected chi connectivity index (χ1v) is 4.71. The van der Waals surface area contributed by atoms with E-state index < -0.39 is 5.91 Å². The molecule has 0 aliphatic heterocycles. The van der Waals surface area contributed by atoms with Gasteiger partial charge in [-0.3, -0.25) is 4.79 Å². The van der Waals surface area contributed by atoms with Crippen molar-refractivity contribution in [3.05, 3.63) is 41.0 Å². The Bertz CT molecular complexity index is 432. The zero-order chi connectivity index (χ0) is 12.1. The number of carbonyl (C=O) groups excluding carboxylic acids is 2. The van der Waals surface area contributed by atoms with E-state index in [0.717, 1.165) is 5.56 Å². The van der Waals surface area contributed by atoms with Gasteiger partial charge in [-0.25, -0.2) is 4.79 Å². The summed E-state index contributed by atoms with van der Waals surface area (Å²) in [4.78, 5) is 21.9. The largest absolute Gasteiger partial charge is 0.465 e. The predicted octanol–water partition coefficient (Wildman–Crippen LogP) is 1.36. The average molecular weight is 219 g/mol. The number of esters is 1. The van der Waals surface area contributed by atoms with Crippen molar-refractivity contribution in [2.45, 2.75) is 6.92 Å². The Labute approximate surface area is 93.7 Å². The second kappa shape index (κ2) is 5.11. The molecule has 4 nitrogen and oxygen atoms in total. The van der Waals surface area contributed by atoms with E-state index >= 15 is 0 Å². The summed E-state index contributed by atoms with van der Waals surface area (Å²) in [6, 6.07) is 6.70. The molecule has 2 N–H and O–H groups in total. The molecule has 0 aliphatic carbocycles. The maximum atomic E-state index is 11.1. The Kier molecular flexibility index (Phi) is 3.83. The van der Waals surface area contributed by atoms with Crippen molar-refractivity contribution in [3.8, 4) is 0 Å². The number of methoxy groups -OCH3 is 1. The van der Waals surface area contributed by atoms with Crippen LogP contribution in [0.25, 0.3) is 6.08 Å². The van der Waals surface area contributed by atoms with Crippen LogP contribution >= 0.6 is 0 Å². The van der Waals surface area contributed by atoms with Crippen LogP contribution < -0.4 is 5.73 Å². The molecule has 1 aromatic rings. The molecule has 0 bridgehead atoms. The number of rotatable bonds is 3. The van der Waals surface area contributed by atoms with Gasteiger partial charge in [0.15, 0.2) is 0 Å². The third kappa shape index (κ3) is 2.95. The molecule has 4 heteroatoms. The third-order valence-corrected chi connectivity index (χ3v) is 2.10. The number of hydrogen-bond acceptors (Lipinski definition) is 3. The fourth-order valence-corrected chi connectivity index (χ4v) is 1.15. The highest BCUT2D eigenvalue weighted by atomic mass is 16.5. The van der Waals surface area contributed by atoms with Gasteiger partial charge in [0.05, 0.1) is 12.7 Å². The Morgan fingerprint density at radius 1 is 1.25 bits per heavy atom. The van der Waals surface area contributed by atoms with Gasteiger partial charge < -0.3 is 10.5 Å². The molecule has 16 heavy (non-hydrogen) atoms. The average Bonchev–Trinajstić information content (AvgIpc) is 2.28. The Morgan fingerprint density at radius 3 is 2.25 bits per heavy atom. The number of benzene rings is 1. The summed E-state index contributed by atoms with van der Waals surface area (Å²) in [5, 5.41) is 0. The molecular weight excluding hydrogens is 206 g/mol. The van der Waals surface area contributed by atoms with Crippen LogP contribution in [-0.2, 0) is 9.53 Å². The van der Waals surface area contributed by atoms with Crippen molar-refractivity contribution in [3.63, 3.8) is 0 Å². The van der Waals surface area contributed by atoms with Gasteiger partial charge in [-0.15, -0.1) is 0 Å². The second-order valence-electron chi connectivity index (χ2n) is 3.31. The molecule has 0 heterocycles. The Balaban J connectivity index is 2.91. The summed E-state index contributed by atoms with van der Waals surface area (Å²) in [6.07, 6.45) is 1.66. The van der Waals surface area contributed by atoms with E-state index in [1.165, 1.54) is 7.11 Å². The molecule has 0 aromatic heterocycles. The molecule has 0 atom stereocenters. The van der Waals surface area contributed by atoms with E-state index in [0.29, 0.717) is 11.1 Å². The first-order valence-electron chi connectivity index (χ1n) is 4.71. The summed E-state index contributed by atoms with van der Waals surface area (Å²) in [6.45, 7) is 1.64. The van der Waals surface area contributed by atoms with E-state index in [4.69, 9.17) is 5.73 Å². The van der Waals surface area contributed by atoms with Crippen molar-refractivity contribution in [1.82, 2.24) is 0 Å². The molecule has 0 unspecified atom stereocenters. The van der Waals surface area contributed by atoms with Crippen LogP contribution in [0.3, 0.4) is 0 Å². The first kappa shape index (κ1) is 12.0. The summed E-state index contributed by atoms with van der Waals surface area (Å²) in [5.74, 6) is -0.848. The van der Waals surface area contributed by atoms with E-state index in [1.807, 2.05) is 0 Å². The summed E-state index contributed by atoms with van der Waals surface area (Å²) in [5.41, 5.74) is 6.84. The van der Waals surface area contributed by atoms with Gasteiger partial charge in [0.25, 0.3) is 0 Å². The number of carbonyl (C=O) groups is 2. The number of primary amides is 1. The monoisotopic (exact) mass is 219 g/mol. The van der Waals surface area contributed by atoms with Gasteiger partial charge in [-0.05, 0) is 30.7 Å². The van der Waals surface area contributed by atoms with E-state index in [1.54, 1.807) is 37.3 Å². The molecule has 1 rings (SSSR count). The van der Waals surface area contributed by atoms with Crippen molar-refractivity contribution in [1.29, 1.82) is 0 Å². The van der Waals surface area contributed by atoms with Crippen LogP contribution in [0.15, 0.2) is 29.8 Å². The van der Waals surface area contributed by atoms with Gasteiger partial charge in [-0.1, -0.05) is 12.1 Å². The highest BCUT2D eigenvalue weighted by Crippen LogP contribution is 2.09. The second-order valence-corrected chi connectivity index (χ2v) is 3.31. The summed E-state index contributed by atoms with van der Waals surface area (Å²) in [7, 11) is 1.33. The smallest absolute Gasteiger partial charge is 0.337 e. The van der Waals surface area contributed by atoms with Crippen LogP contribution in [0, 0.1) is 0 Å². The summed E-state index contributed by atoms with van der Waals surface area (Å²) < 4.78 is 4.57. The lowest BCUT2D eigenvalue weighted by Crippen LogP contribution is -2.11. The first-order chi connectivity index (χ1) is 7.54. The molecule has 0 aliphatic rings. The van der Waals surface area contributed by atoms with Crippen molar-refractivity contribution in [2.24, 2.45) is 5.73 Å². The van der Waals surface area contributed by atoms with Gasteiger partial charge in [0, 0.05) is 5.57 Å². The van der Waals surface area contributed by atoms with Crippen LogP contribution in [0.4, 0.5) is 0 Å². The molecule has 1 aromatic carbocycles. The zero-order valence-electron chi connectivity index (χ0n) is 9.19. The quantitative estimate of drug-likeness (QED) is 0.616. The van der Waals surface area contributed by atoms with E-state index in [2.05, 4.69) is 4.74 Å². The van der Waals surface area contributed by atoms with Crippen molar-refractivity contribution >= 4 is 18.0 Å². The maximum Gasteiger partial charge on any atom is 0.337 e. The topological polar surface area (TPSA) is 69.4 Å². The molecule has 0 radical (unpaired) electrons. The predicted molar refractivity (Wildman–Crippen MR) is 60.6 cm³/mol. The highest BCUT2D eigenvalue weighted by molar-refractivity contribution is 5.96. The standard InChI is InChI=1S/C12H13NO3/c1-8(11(13)14)7-9-3-5-10(6-4-9)12(15)16-2/h3-7H,1-2H3,(H2,13,14)/b8-7+. The number of hydrogen-bond donors (Lipinski definition) is 1. The third-order valence-electron chi connectivity index (χ3n) is 2.10. The fourth-order valence-electron chi connectivity index (χ4n) is 1.15. The maximum absolute atomic E-state index is 11.1. The van der Waals surface area contributed by atoms with E-state index in [-0.39, 0.29) is 5.97 Å². The minimum absolute atomic E-state index is 0.387. The number of ether oxygens (including phenoxy) is 1. The fraction of sp³-hybridized carbons (Fsp3) is 0.167. The molecule has 84 valence electrons. The SMILES string of the molecule is COC(=O)c1ccc(/C=C(\C)C(N)=O)cc1. The molecule has 0 spiro atoms. The minimum Gasteiger partial charge on any atom is -0.465 e. The van der Waals surface area contributed by atoms with Crippen molar-refractivity contribution in [2.75, 3.05) is 7.11 Å². The van der Waals surface area contributed by atoms with Gasteiger partial charge >= 0.3 is 5.97 Å². The minimum atomic E-state index is -0.461. The zero-order valence-corrected chi connectivity index (χ0v) is 9.19.